The van der Waals surface area contributed by atoms with Crippen LogP contribution < -0.4 is 10.0 Å². The van der Waals surface area contributed by atoms with E-state index in [4.69, 9.17) is 0 Å². The maximum atomic E-state index is 12.0. The van der Waals surface area contributed by atoms with Crippen LogP contribution in [0.1, 0.15) is 38.5 Å². The van der Waals surface area contributed by atoms with Crippen LogP contribution in [0.25, 0.3) is 0 Å². The molecule has 21 heavy (non-hydrogen) atoms. The second-order valence-electron chi connectivity index (χ2n) is 6.06. The van der Waals surface area contributed by atoms with Gasteiger partial charge in [-0.3, -0.25) is 4.79 Å². The number of nitrogens with one attached hydrogen (secondary N) is 2. The third-order valence-electron chi connectivity index (χ3n) is 4.41. The van der Waals surface area contributed by atoms with Crippen molar-refractivity contribution >= 4 is 15.9 Å². The zero-order valence-electron chi connectivity index (χ0n) is 12.6. The number of carbonyl (C=O) groups is 1. The fourth-order valence-electron chi connectivity index (χ4n) is 2.99. The number of likely N-dealkylation sites (tertiary alicyclic amines) is 1. The van der Waals surface area contributed by atoms with Crippen LogP contribution in [-0.2, 0) is 14.8 Å². The molecule has 0 spiro atoms. The second kappa shape index (κ2) is 8.10. The molecule has 2 N–H and O–H groups in total. The van der Waals surface area contributed by atoms with Crippen molar-refractivity contribution < 1.29 is 13.2 Å². The van der Waals surface area contributed by atoms with E-state index < -0.39 is 10.0 Å². The van der Waals surface area contributed by atoms with E-state index in [-0.39, 0.29) is 18.2 Å². The molecule has 0 aromatic heterocycles. The molecule has 1 amide bonds. The number of carbonyl (C=O) groups excluding carboxylic acids is 1. The number of amides is 1. The summed E-state index contributed by atoms with van der Waals surface area (Å²) in [6.07, 6.45) is 5.98. The van der Waals surface area contributed by atoms with E-state index in [0.29, 0.717) is 12.3 Å². The molecule has 0 aliphatic carbocycles. The molecule has 2 aliphatic heterocycles. The van der Waals surface area contributed by atoms with E-state index in [1.165, 1.54) is 0 Å². The minimum Gasteiger partial charge on any atom is -0.342 e. The summed E-state index contributed by atoms with van der Waals surface area (Å²) >= 11 is 0. The zero-order valence-corrected chi connectivity index (χ0v) is 13.5. The third-order valence-corrected chi connectivity index (χ3v) is 5.76. The van der Waals surface area contributed by atoms with Gasteiger partial charge in [0.15, 0.2) is 0 Å². The van der Waals surface area contributed by atoms with Gasteiger partial charge >= 0.3 is 0 Å². The highest BCUT2D eigenvalue weighted by Crippen LogP contribution is 2.16. The maximum Gasteiger partial charge on any atom is 0.237 e. The highest BCUT2D eigenvalue weighted by atomic mass is 32.2. The molecule has 122 valence electrons. The van der Waals surface area contributed by atoms with Crippen LogP contribution in [0, 0.1) is 5.92 Å². The van der Waals surface area contributed by atoms with Crippen molar-refractivity contribution in [1.29, 1.82) is 0 Å². The smallest absolute Gasteiger partial charge is 0.237 e. The Morgan fingerprint density at radius 3 is 2.48 bits per heavy atom. The quantitative estimate of drug-likeness (QED) is 0.739. The molecule has 0 aromatic carbocycles. The van der Waals surface area contributed by atoms with Gasteiger partial charge in [-0.05, 0) is 57.5 Å². The molecule has 0 bridgehead atoms. The van der Waals surface area contributed by atoms with Gasteiger partial charge < -0.3 is 10.2 Å². The number of hydrogen-bond donors (Lipinski definition) is 2. The Morgan fingerprint density at radius 2 is 1.81 bits per heavy atom. The summed E-state index contributed by atoms with van der Waals surface area (Å²) < 4.78 is 26.4. The van der Waals surface area contributed by atoms with Gasteiger partial charge in [0.2, 0.25) is 15.9 Å². The normalized spacial score (nSPS) is 21.4. The molecule has 2 rings (SSSR count). The van der Waals surface area contributed by atoms with Gasteiger partial charge in [0.05, 0.1) is 12.3 Å². The molecule has 2 saturated heterocycles. The lowest BCUT2D eigenvalue weighted by Crippen LogP contribution is -2.43. The van der Waals surface area contributed by atoms with E-state index in [1.54, 1.807) is 4.90 Å². The van der Waals surface area contributed by atoms with Crippen LogP contribution in [0.4, 0.5) is 0 Å². The Hall–Kier alpha value is -0.660. The van der Waals surface area contributed by atoms with Crippen LogP contribution in [-0.4, -0.2) is 57.7 Å². The molecular formula is C14H27N3O3S. The van der Waals surface area contributed by atoms with Crippen molar-refractivity contribution in [3.05, 3.63) is 0 Å². The first-order chi connectivity index (χ1) is 10.1. The molecule has 2 heterocycles. The highest BCUT2D eigenvalue weighted by molar-refractivity contribution is 7.89. The van der Waals surface area contributed by atoms with Gasteiger partial charge in [0, 0.05) is 13.1 Å². The van der Waals surface area contributed by atoms with E-state index in [2.05, 4.69) is 10.0 Å². The van der Waals surface area contributed by atoms with Gasteiger partial charge in [-0.2, -0.15) is 0 Å². The number of rotatable bonds is 6. The Kier molecular flexibility index (Phi) is 6.44. The first-order valence-corrected chi connectivity index (χ1v) is 9.68. The van der Waals surface area contributed by atoms with Crippen molar-refractivity contribution in [3.8, 4) is 0 Å². The predicted molar refractivity (Wildman–Crippen MR) is 82.4 cm³/mol. The fourth-order valence-corrected chi connectivity index (χ4v) is 4.12. The lowest BCUT2D eigenvalue weighted by atomic mass is 9.96. The molecule has 0 atom stereocenters. The van der Waals surface area contributed by atoms with Crippen molar-refractivity contribution in [1.82, 2.24) is 14.9 Å². The van der Waals surface area contributed by atoms with Crippen molar-refractivity contribution in [3.63, 3.8) is 0 Å². The minimum absolute atomic E-state index is 0.0887. The number of sulfonamides is 1. The summed E-state index contributed by atoms with van der Waals surface area (Å²) in [5.41, 5.74) is 0. The monoisotopic (exact) mass is 317 g/mol. The van der Waals surface area contributed by atoms with E-state index in [1.807, 2.05) is 0 Å². The molecule has 6 nitrogen and oxygen atoms in total. The topological polar surface area (TPSA) is 78.5 Å². The highest BCUT2D eigenvalue weighted by Gasteiger charge is 2.21. The molecule has 0 unspecified atom stereocenters. The van der Waals surface area contributed by atoms with E-state index >= 15 is 0 Å². The van der Waals surface area contributed by atoms with Crippen LogP contribution in [0.3, 0.4) is 0 Å². The molecule has 7 heteroatoms. The first-order valence-electron chi connectivity index (χ1n) is 8.03. The molecule has 0 saturated carbocycles. The maximum absolute atomic E-state index is 12.0. The van der Waals surface area contributed by atoms with E-state index in [9.17, 15) is 13.2 Å². The largest absolute Gasteiger partial charge is 0.342 e. The molecule has 0 radical (unpaired) electrons. The lowest BCUT2D eigenvalue weighted by Gasteiger charge is -2.26. The summed E-state index contributed by atoms with van der Waals surface area (Å²) in [4.78, 5) is 13.7. The second-order valence-corrected chi connectivity index (χ2v) is 7.99. The zero-order chi connectivity index (χ0) is 15.1. The third kappa shape index (κ3) is 5.92. The summed E-state index contributed by atoms with van der Waals surface area (Å²) in [6.45, 7) is 3.39. The predicted octanol–water partition coefficient (Wildman–Crippen LogP) is 0.308. The first kappa shape index (κ1) is 16.7. The Morgan fingerprint density at radius 1 is 1.14 bits per heavy atom. The number of nitrogens with zero attached hydrogens (tertiary/aromatic N) is 1. The molecular weight excluding hydrogens is 290 g/mol. The van der Waals surface area contributed by atoms with Crippen molar-refractivity contribution in [2.24, 2.45) is 5.92 Å². The summed E-state index contributed by atoms with van der Waals surface area (Å²) in [7, 11) is -3.33. The van der Waals surface area contributed by atoms with Crippen molar-refractivity contribution in [2.75, 3.05) is 38.5 Å². The summed E-state index contributed by atoms with van der Waals surface area (Å²) in [5, 5.41) is 3.27. The van der Waals surface area contributed by atoms with Gasteiger partial charge in [0.25, 0.3) is 0 Å². The van der Waals surface area contributed by atoms with E-state index in [0.717, 1.165) is 58.3 Å². The van der Waals surface area contributed by atoms with Crippen LogP contribution in [0.15, 0.2) is 0 Å². The minimum atomic E-state index is -3.33. The average molecular weight is 317 g/mol. The summed E-state index contributed by atoms with van der Waals surface area (Å²) in [6, 6.07) is 0. The number of hydrogen-bond acceptors (Lipinski definition) is 4. The summed E-state index contributed by atoms with van der Waals surface area (Å²) in [5.74, 6) is 0.520. The van der Waals surface area contributed by atoms with Crippen LogP contribution in [0.5, 0.6) is 0 Å². The van der Waals surface area contributed by atoms with Gasteiger partial charge in [-0.1, -0.05) is 0 Å². The SMILES string of the molecule is O=C(CNS(=O)(=O)CCC1CCNCC1)N1CCCCC1. The molecule has 2 aliphatic rings. The van der Waals surface area contributed by atoms with Crippen LogP contribution in [0.2, 0.25) is 0 Å². The molecule has 2 fully saturated rings. The Bertz CT molecular complexity index is 427. The Labute approximate surface area is 127 Å². The Balaban J connectivity index is 1.68. The van der Waals surface area contributed by atoms with Gasteiger partial charge in [0.1, 0.15) is 0 Å². The standard InChI is InChI=1S/C14H27N3O3S/c18-14(17-9-2-1-3-10-17)12-16-21(19,20)11-6-13-4-7-15-8-5-13/h13,15-16H,1-12H2. The molecule has 0 aromatic rings. The van der Waals surface area contributed by atoms with Gasteiger partial charge in [-0.15, -0.1) is 0 Å². The average Bonchev–Trinajstić information content (AvgIpc) is 2.53. The van der Waals surface area contributed by atoms with Crippen molar-refractivity contribution in [2.45, 2.75) is 38.5 Å². The van der Waals surface area contributed by atoms with Crippen LogP contribution >= 0.6 is 0 Å². The number of piperidine rings is 2. The lowest BCUT2D eigenvalue weighted by molar-refractivity contribution is -0.130. The van der Waals surface area contributed by atoms with Gasteiger partial charge in [-0.25, -0.2) is 13.1 Å². The fraction of sp³-hybridized carbons (Fsp3) is 0.929.